The van der Waals surface area contributed by atoms with E-state index in [1.165, 1.54) is 12.5 Å². The first-order chi connectivity index (χ1) is 15.8. The number of furan rings is 1. The molecule has 0 spiro atoms. The van der Waals surface area contributed by atoms with Crippen LogP contribution in [0.25, 0.3) is 34.2 Å². The highest BCUT2D eigenvalue weighted by Crippen LogP contribution is 2.26. The van der Waals surface area contributed by atoms with Gasteiger partial charge >= 0.3 is 5.95 Å². The molecule has 8 nitrogen and oxygen atoms in total. The van der Waals surface area contributed by atoms with Crippen LogP contribution in [0.3, 0.4) is 0 Å². The maximum atomic E-state index is 9.99. The Balaban J connectivity index is 1.44. The molecule has 0 radical (unpaired) electrons. The van der Waals surface area contributed by atoms with Gasteiger partial charge in [0, 0.05) is 11.1 Å². The zero-order chi connectivity index (χ0) is 21.8. The standard InChI is InChI=1S/C24H17N5O3/c30-23-20(26-22(32-23)21-12-7-13-31-21)15-25-29-24-27-18(16-8-3-1-4-9-16)14-19(28-24)17-10-5-2-6-11-17/h1-15,30H,(H,27,28,29)/b25-15-. The molecule has 3 heterocycles. The second-order valence-electron chi connectivity index (χ2n) is 6.75. The zero-order valence-corrected chi connectivity index (χ0v) is 16.7. The second-order valence-corrected chi connectivity index (χ2v) is 6.75. The highest BCUT2D eigenvalue weighted by molar-refractivity contribution is 5.81. The van der Waals surface area contributed by atoms with Crippen molar-refractivity contribution in [3.63, 3.8) is 0 Å². The second kappa shape index (κ2) is 8.57. The molecule has 5 rings (SSSR count). The lowest BCUT2D eigenvalue weighted by Gasteiger charge is -2.08. The molecule has 0 aliphatic heterocycles. The molecule has 0 saturated heterocycles. The number of rotatable bonds is 6. The van der Waals surface area contributed by atoms with Gasteiger partial charge in [-0.2, -0.15) is 5.10 Å². The summed E-state index contributed by atoms with van der Waals surface area (Å²) in [5.74, 6) is 0.489. The molecule has 2 aromatic carbocycles. The number of benzene rings is 2. The van der Waals surface area contributed by atoms with E-state index < -0.39 is 0 Å². The van der Waals surface area contributed by atoms with Crippen LogP contribution in [0.2, 0.25) is 0 Å². The Bertz CT molecular complexity index is 1290. The minimum absolute atomic E-state index is 0.145. The third kappa shape index (κ3) is 4.10. The normalized spacial score (nSPS) is 11.1. The van der Waals surface area contributed by atoms with E-state index in [9.17, 15) is 5.11 Å². The molecule has 3 aromatic heterocycles. The van der Waals surface area contributed by atoms with Gasteiger partial charge < -0.3 is 13.9 Å². The summed E-state index contributed by atoms with van der Waals surface area (Å²) in [5, 5.41) is 14.1. The zero-order valence-electron chi connectivity index (χ0n) is 16.7. The van der Waals surface area contributed by atoms with Crippen molar-refractivity contribution >= 4 is 12.2 Å². The van der Waals surface area contributed by atoms with Crippen molar-refractivity contribution in [2.24, 2.45) is 5.10 Å². The topological polar surface area (TPSA) is 110 Å². The van der Waals surface area contributed by atoms with Crippen molar-refractivity contribution in [1.82, 2.24) is 15.0 Å². The smallest absolute Gasteiger partial charge is 0.312 e. The average Bonchev–Trinajstić information content (AvgIpc) is 3.50. The number of hydrogen-bond acceptors (Lipinski definition) is 8. The fourth-order valence-electron chi connectivity index (χ4n) is 3.08. The van der Waals surface area contributed by atoms with E-state index in [0.717, 1.165) is 22.5 Å². The summed E-state index contributed by atoms with van der Waals surface area (Å²) in [6.07, 6.45) is 2.82. The minimum Gasteiger partial charge on any atom is -0.479 e. The van der Waals surface area contributed by atoms with E-state index in [0.29, 0.717) is 11.7 Å². The molecule has 0 aliphatic carbocycles. The molecule has 0 saturated carbocycles. The Kier molecular flexibility index (Phi) is 5.15. The quantitative estimate of drug-likeness (QED) is 0.285. The molecule has 0 fully saturated rings. The summed E-state index contributed by atoms with van der Waals surface area (Å²) >= 11 is 0. The van der Waals surface area contributed by atoms with Crippen molar-refractivity contribution in [2.75, 3.05) is 5.43 Å². The van der Waals surface area contributed by atoms with Gasteiger partial charge in [0.1, 0.15) is 0 Å². The predicted octanol–water partition coefficient (Wildman–Crippen LogP) is 5.21. The van der Waals surface area contributed by atoms with Crippen LogP contribution in [0.5, 0.6) is 5.95 Å². The third-order valence-corrected chi connectivity index (χ3v) is 4.58. The number of nitrogens with one attached hydrogen (secondary N) is 1. The molecule has 0 amide bonds. The first-order valence-corrected chi connectivity index (χ1v) is 9.79. The molecule has 8 heteroatoms. The van der Waals surface area contributed by atoms with Gasteiger partial charge in [0.05, 0.1) is 23.9 Å². The van der Waals surface area contributed by atoms with Crippen LogP contribution in [0.15, 0.2) is 99.1 Å². The molecular formula is C24H17N5O3. The van der Waals surface area contributed by atoms with Crippen LogP contribution in [0, 0.1) is 0 Å². The summed E-state index contributed by atoms with van der Waals surface area (Å²) in [6, 6.07) is 24.9. The molecule has 0 bridgehead atoms. The fourth-order valence-corrected chi connectivity index (χ4v) is 3.08. The number of oxazole rings is 1. The van der Waals surface area contributed by atoms with E-state index >= 15 is 0 Å². The van der Waals surface area contributed by atoms with E-state index in [2.05, 4.69) is 25.5 Å². The number of aromatic hydroxyl groups is 1. The Labute approximate surface area is 182 Å². The van der Waals surface area contributed by atoms with Crippen molar-refractivity contribution < 1.29 is 13.9 Å². The molecule has 0 unspecified atom stereocenters. The highest BCUT2D eigenvalue weighted by Gasteiger charge is 2.14. The highest BCUT2D eigenvalue weighted by atomic mass is 16.5. The summed E-state index contributed by atoms with van der Waals surface area (Å²) < 4.78 is 10.4. The van der Waals surface area contributed by atoms with Crippen molar-refractivity contribution in [1.29, 1.82) is 0 Å². The van der Waals surface area contributed by atoms with E-state index in [1.54, 1.807) is 12.1 Å². The van der Waals surface area contributed by atoms with Crippen LogP contribution in [-0.4, -0.2) is 26.3 Å². The monoisotopic (exact) mass is 423 g/mol. The lowest BCUT2D eigenvalue weighted by atomic mass is 10.1. The van der Waals surface area contributed by atoms with Crippen molar-refractivity contribution in [2.45, 2.75) is 0 Å². The molecule has 156 valence electrons. The minimum atomic E-state index is -0.370. The predicted molar refractivity (Wildman–Crippen MR) is 120 cm³/mol. The summed E-state index contributed by atoms with van der Waals surface area (Å²) in [7, 11) is 0. The Hall–Kier alpha value is -4.72. The van der Waals surface area contributed by atoms with Gasteiger partial charge in [-0.1, -0.05) is 60.7 Å². The molecule has 0 aliphatic rings. The van der Waals surface area contributed by atoms with E-state index in [1.807, 2.05) is 66.7 Å². The van der Waals surface area contributed by atoms with Gasteiger partial charge in [0.2, 0.25) is 5.95 Å². The number of hydrazone groups is 1. The van der Waals surface area contributed by atoms with Crippen LogP contribution in [-0.2, 0) is 0 Å². The maximum absolute atomic E-state index is 9.99. The van der Waals surface area contributed by atoms with Crippen LogP contribution in [0.4, 0.5) is 5.95 Å². The van der Waals surface area contributed by atoms with Gasteiger partial charge in [-0.3, -0.25) is 0 Å². The molecular weight excluding hydrogens is 406 g/mol. The van der Waals surface area contributed by atoms with Crippen LogP contribution in [0.1, 0.15) is 5.69 Å². The summed E-state index contributed by atoms with van der Waals surface area (Å²) in [6.45, 7) is 0. The Morgan fingerprint density at radius 3 is 2.06 bits per heavy atom. The van der Waals surface area contributed by atoms with Crippen LogP contribution < -0.4 is 5.43 Å². The average molecular weight is 423 g/mol. The van der Waals surface area contributed by atoms with Crippen molar-refractivity contribution in [3.05, 3.63) is 90.8 Å². The van der Waals surface area contributed by atoms with Gasteiger partial charge in [-0.25, -0.2) is 20.4 Å². The number of nitrogens with zero attached hydrogens (tertiary/aromatic N) is 4. The van der Waals surface area contributed by atoms with Crippen LogP contribution >= 0.6 is 0 Å². The van der Waals surface area contributed by atoms with Gasteiger partial charge in [0.15, 0.2) is 11.5 Å². The van der Waals surface area contributed by atoms with E-state index in [4.69, 9.17) is 8.83 Å². The molecule has 2 N–H and O–H groups in total. The molecule has 32 heavy (non-hydrogen) atoms. The van der Waals surface area contributed by atoms with Gasteiger partial charge in [-0.05, 0) is 18.2 Å². The SMILES string of the molecule is Oc1oc(-c2ccco2)nc1/C=N\Nc1nc(-c2ccccc2)cc(-c2ccccc2)n1. The molecule has 5 aromatic rings. The molecule has 0 atom stereocenters. The summed E-state index contributed by atoms with van der Waals surface area (Å²) in [5.41, 5.74) is 6.37. The lowest BCUT2D eigenvalue weighted by molar-refractivity contribution is 0.333. The van der Waals surface area contributed by atoms with Gasteiger partial charge in [0.25, 0.3) is 5.89 Å². The first-order valence-electron chi connectivity index (χ1n) is 9.79. The fraction of sp³-hybridized carbons (Fsp3) is 0. The Morgan fingerprint density at radius 2 is 1.47 bits per heavy atom. The Morgan fingerprint density at radius 1 is 0.812 bits per heavy atom. The maximum Gasteiger partial charge on any atom is 0.312 e. The van der Waals surface area contributed by atoms with E-state index in [-0.39, 0.29) is 17.5 Å². The number of aromatic nitrogens is 3. The lowest BCUT2D eigenvalue weighted by Crippen LogP contribution is -2.00. The van der Waals surface area contributed by atoms with Gasteiger partial charge in [-0.15, -0.1) is 0 Å². The first kappa shape index (κ1) is 19.3. The number of hydrogen-bond donors (Lipinski definition) is 2. The number of anilines is 1. The van der Waals surface area contributed by atoms with Crippen molar-refractivity contribution in [3.8, 4) is 40.1 Å². The summed E-state index contributed by atoms with van der Waals surface area (Å²) in [4.78, 5) is 13.3. The largest absolute Gasteiger partial charge is 0.479 e. The third-order valence-electron chi connectivity index (χ3n) is 4.58.